The maximum Gasteiger partial charge on any atom is 0.258 e. The minimum absolute atomic E-state index is 0.178. The van der Waals surface area contributed by atoms with E-state index in [1.807, 2.05) is 24.4 Å². The standard InChI is InChI=1S/C8H10N2O2S/c1-6(7-3-2-4-13-7)10-12-5-8(9)11/h2-4H,5H2,1H3,(H2,9,11). The van der Waals surface area contributed by atoms with Crippen LogP contribution in [-0.4, -0.2) is 18.2 Å². The molecule has 0 unspecified atom stereocenters. The Morgan fingerprint density at radius 1 is 1.77 bits per heavy atom. The Balaban J connectivity index is 2.48. The van der Waals surface area contributed by atoms with E-state index < -0.39 is 5.91 Å². The predicted molar refractivity (Wildman–Crippen MR) is 51.7 cm³/mol. The minimum Gasteiger partial charge on any atom is -0.385 e. The summed E-state index contributed by atoms with van der Waals surface area (Å²) in [5.41, 5.74) is 5.61. The molecule has 0 spiro atoms. The zero-order valence-electron chi connectivity index (χ0n) is 7.19. The molecule has 0 aliphatic heterocycles. The molecule has 5 heteroatoms. The zero-order valence-corrected chi connectivity index (χ0v) is 8.00. The fraction of sp³-hybridized carbons (Fsp3) is 0.250. The van der Waals surface area contributed by atoms with Crippen molar-refractivity contribution < 1.29 is 9.63 Å². The van der Waals surface area contributed by atoms with Gasteiger partial charge < -0.3 is 10.6 Å². The maximum absolute atomic E-state index is 10.3. The van der Waals surface area contributed by atoms with Gasteiger partial charge in [-0.25, -0.2) is 0 Å². The van der Waals surface area contributed by atoms with Crippen LogP contribution in [0.2, 0.25) is 0 Å². The van der Waals surface area contributed by atoms with E-state index in [-0.39, 0.29) is 6.61 Å². The number of carbonyl (C=O) groups is 1. The number of oxime groups is 1. The Morgan fingerprint density at radius 3 is 3.08 bits per heavy atom. The summed E-state index contributed by atoms with van der Waals surface area (Å²) >= 11 is 1.56. The van der Waals surface area contributed by atoms with Gasteiger partial charge in [0.25, 0.3) is 5.91 Å². The van der Waals surface area contributed by atoms with Gasteiger partial charge in [0.2, 0.25) is 0 Å². The average molecular weight is 198 g/mol. The van der Waals surface area contributed by atoms with Gasteiger partial charge in [-0.1, -0.05) is 11.2 Å². The number of nitrogens with zero attached hydrogens (tertiary/aromatic N) is 1. The van der Waals surface area contributed by atoms with Crippen LogP contribution in [0.25, 0.3) is 0 Å². The van der Waals surface area contributed by atoms with E-state index in [1.54, 1.807) is 11.3 Å². The third-order valence-electron chi connectivity index (χ3n) is 1.29. The van der Waals surface area contributed by atoms with Gasteiger partial charge in [0.15, 0.2) is 6.61 Å². The van der Waals surface area contributed by atoms with Gasteiger partial charge in [-0.05, 0) is 18.4 Å². The van der Waals surface area contributed by atoms with Crippen LogP contribution in [0.15, 0.2) is 22.7 Å². The normalized spacial score (nSPS) is 11.3. The van der Waals surface area contributed by atoms with Crippen LogP contribution in [0.5, 0.6) is 0 Å². The Bertz CT molecular complexity index is 306. The highest BCUT2D eigenvalue weighted by atomic mass is 32.1. The third kappa shape index (κ3) is 3.25. The van der Waals surface area contributed by atoms with E-state index in [9.17, 15) is 4.79 Å². The number of thiophene rings is 1. The molecular weight excluding hydrogens is 188 g/mol. The number of rotatable bonds is 4. The fourth-order valence-electron chi connectivity index (χ4n) is 0.722. The minimum atomic E-state index is -0.525. The highest BCUT2D eigenvalue weighted by Gasteiger charge is 1.98. The lowest BCUT2D eigenvalue weighted by atomic mass is 10.3. The number of carbonyl (C=O) groups excluding carboxylic acids is 1. The molecule has 0 radical (unpaired) electrons. The van der Waals surface area contributed by atoms with Crippen LogP contribution in [0, 0.1) is 0 Å². The molecule has 13 heavy (non-hydrogen) atoms. The quantitative estimate of drug-likeness (QED) is 0.578. The molecule has 0 aliphatic rings. The summed E-state index contributed by atoms with van der Waals surface area (Å²) in [6.07, 6.45) is 0. The van der Waals surface area contributed by atoms with Crippen molar-refractivity contribution in [2.24, 2.45) is 10.9 Å². The van der Waals surface area contributed by atoms with Crippen LogP contribution in [0.4, 0.5) is 0 Å². The van der Waals surface area contributed by atoms with Crippen molar-refractivity contribution in [2.75, 3.05) is 6.61 Å². The lowest BCUT2D eigenvalue weighted by molar-refractivity contribution is -0.122. The largest absolute Gasteiger partial charge is 0.385 e. The molecule has 1 aromatic rings. The zero-order chi connectivity index (χ0) is 9.68. The molecule has 0 atom stereocenters. The second-order valence-electron chi connectivity index (χ2n) is 2.39. The van der Waals surface area contributed by atoms with Gasteiger partial charge in [0.05, 0.1) is 10.6 Å². The van der Waals surface area contributed by atoms with Crippen LogP contribution in [0.3, 0.4) is 0 Å². The molecule has 0 bridgehead atoms. The van der Waals surface area contributed by atoms with Crippen LogP contribution in [0.1, 0.15) is 11.8 Å². The van der Waals surface area contributed by atoms with E-state index in [2.05, 4.69) is 5.16 Å². The highest BCUT2D eigenvalue weighted by molar-refractivity contribution is 7.12. The first-order valence-corrected chi connectivity index (χ1v) is 4.57. The monoisotopic (exact) mass is 198 g/mol. The number of amides is 1. The lowest BCUT2D eigenvalue weighted by Gasteiger charge is -1.96. The summed E-state index contributed by atoms with van der Waals surface area (Å²) in [5, 5.41) is 5.68. The molecule has 0 fully saturated rings. The number of hydrogen-bond acceptors (Lipinski definition) is 4. The molecule has 0 saturated carbocycles. The van der Waals surface area contributed by atoms with Crippen LogP contribution >= 0.6 is 11.3 Å². The van der Waals surface area contributed by atoms with Gasteiger partial charge >= 0.3 is 0 Å². The molecule has 1 aromatic heterocycles. The smallest absolute Gasteiger partial charge is 0.258 e. The first-order valence-electron chi connectivity index (χ1n) is 3.69. The van der Waals surface area contributed by atoms with E-state index in [4.69, 9.17) is 10.6 Å². The molecule has 0 saturated heterocycles. The summed E-state index contributed by atoms with van der Waals surface area (Å²) in [7, 11) is 0. The molecule has 0 aromatic carbocycles. The summed E-state index contributed by atoms with van der Waals surface area (Å²) in [6.45, 7) is 1.63. The molecule has 1 amide bonds. The highest BCUT2D eigenvalue weighted by Crippen LogP contribution is 2.09. The van der Waals surface area contributed by atoms with Crippen molar-refractivity contribution in [2.45, 2.75) is 6.92 Å². The maximum atomic E-state index is 10.3. The Morgan fingerprint density at radius 2 is 2.54 bits per heavy atom. The van der Waals surface area contributed by atoms with Gasteiger partial charge in [-0.3, -0.25) is 4.79 Å². The molecule has 1 heterocycles. The predicted octanol–water partition coefficient (Wildman–Crippen LogP) is 0.974. The SMILES string of the molecule is CC(=NOCC(N)=O)c1cccs1. The van der Waals surface area contributed by atoms with Crippen molar-refractivity contribution in [3.05, 3.63) is 22.4 Å². The molecule has 4 nitrogen and oxygen atoms in total. The van der Waals surface area contributed by atoms with Gasteiger partial charge in [0.1, 0.15) is 0 Å². The molecule has 0 aliphatic carbocycles. The van der Waals surface area contributed by atoms with Crippen LogP contribution in [-0.2, 0) is 9.63 Å². The molecular formula is C8H10N2O2S. The van der Waals surface area contributed by atoms with Gasteiger partial charge in [-0.2, -0.15) is 0 Å². The molecule has 1 rings (SSSR count). The summed E-state index contributed by atoms with van der Waals surface area (Å²) < 4.78 is 0. The molecule has 70 valence electrons. The average Bonchev–Trinajstić information content (AvgIpc) is 2.55. The first-order chi connectivity index (χ1) is 6.20. The summed E-state index contributed by atoms with van der Waals surface area (Å²) in [6, 6.07) is 3.85. The van der Waals surface area contributed by atoms with Crippen LogP contribution < -0.4 is 5.73 Å². The second-order valence-corrected chi connectivity index (χ2v) is 3.34. The second kappa shape index (κ2) is 4.61. The summed E-state index contributed by atoms with van der Waals surface area (Å²) in [5.74, 6) is -0.525. The van der Waals surface area contributed by atoms with Crippen molar-refractivity contribution in [3.63, 3.8) is 0 Å². The fourth-order valence-corrected chi connectivity index (χ4v) is 1.39. The van der Waals surface area contributed by atoms with Gasteiger partial charge in [0, 0.05) is 0 Å². The third-order valence-corrected chi connectivity index (χ3v) is 2.26. The first kappa shape index (κ1) is 9.73. The van der Waals surface area contributed by atoms with E-state index in [0.717, 1.165) is 10.6 Å². The van der Waals surface area contributed by atoms with E-state index in [0.29, 0.717) is 0 Å². The van der Waals surface area contributed by atoms with Crippen molar-refractivity contribution in [3.8, 4) is 0 Å². The van der Waals surface area contributed by atoms with Crippen molar-refractivity contribution in [1.29, 1.82) is 0 Å². The number of hydrogen-bond donors (Lipinski definition) is 1. The van der Waals surface area contributed by atoms with Crippen molar-refractivity contribution >= 4 is 23.0 Å². The Labute approximate surface area is 80.0 Å². The Hall–Kier alpha value is -1.36. The van der Waals surface area contributed by atoms with Gasteiger partial charge in [-0.15, -0.1) is 11.3 Å². The summed E-state index contributed by atoms with van der Waals surface area (Å²) in [4.78, 5) is 16.0. The number of primary amides is 1. The topological polar surface area (TPSA) is 64.7 Å². The molecule has 2 N–H and O–H groups in total. The Kier molecular flexibility index (Phi) is 3.45. The van der Waals surface area contributed by atoms with E-state index >= 15 is 0 Å². The number of nitrogens with two attached hydrogens (primary N) is 1. The lowest BCUT2D eigenvalue weighted by Crippen LogP contribution is -2.16. The van der Waals surface area contributed by atoms with Crippen molar-refractivity contribution in [1.82, 2.24) is 0 Å². The van der Waals surface area contributed by atoms with E-state index in [1.165, 1.54) is 0 Å².